The Morgan fingerprint density at radius 2 is 2.16 bits per heavy atom. The molecule has 1 aliphatic rings. The molecule has 0 radical (unpaired) electrons. The third kappa shape index (κ3) is 2.74. The van der Waals surface area contributed by atoms with Crippen LogP contribution in [0.2, 0.25) is 0 Å². The van der Waals surface area contributed by atoms with Crippen molar-refractivity contribution >= 4 is 5.82 Å². The van der Waals surface area contributed by atoms with E-state index in [1.54, 1.807) is 6.07 Å². The fourth-order valence-electron chi connectivity index (χ4n) is 2.46. The van der Waals surface area contributed by atoms with Gasteiger partial charge in [0.05, 0.1) is 6.20 Å². The monoisotopic (exact) mass is 257 g/mol. The van der Waals surface area contributed by atoms with E-state index in [9.17, 15) is 4.39 Å². The zero-order chi connectivity index (χ0) is 13.1. The largest absolute Gasteiger partial charge is 0.368 e. The molecule has 19 heavy (non-hydrogen) atoms. The molecule has 0 saturated heterocycles. The number of benzene rings is 1. The van der Waals surface area contributed by atoms with Gasteiger partial charge in [0, 0.05) is 12.6 Å². The molecular formula is C15H16FN3. The van der Waals surface area contributed by atoms with Crippen LogP contribution in [0, 0.1) is 5.82 Å². The van der Waals surface area contributed by atoms with Crippen LogP contribution in [0.25, 0.3) is 0 Å². The van der Waals surface area contributed by atoms with Gasteiger partial charge in [-0.15, -0.1) is 0 Å². The molecule has 1 aromatic heterocycles. The Balaban J connectivity index is 1.69. The molecule has 0 spiro atoms. The summed E-state index contributed by atoms with van der Waals surface area (Å²) in [7, 11) is 0. The molecule has 1 unspecified atom stereocenters. The van der Waals surface area contributed by atoms with Crippen LogP contribution in [-0.4, -0.2) is 18.1 Å². The molecule has 2 heterocycles. The van der Waals surface area contributed by atoms with Gasteiger partial charge in [-0.1, -0.05) is 24.3 Å². The van der Waals surface area contributed by atoms with Crippen LogP contribution in [0.5, 0.6) is 0 Å². The lowest BCUT2D eigenvalue weighted by Gasteiger charge is -2.27. The van der Waals surface area contributed by atoms with Crippen molar-refractivity contribution in [3.8, 4) is 0 Å². The van der Waals surface area contributed by atoms with Crippen molar-refractivity contribution in [1.29, 1.82) is 0 Å². The van der Waals surface area contributed by atoms with Crippen molar-refractivity contribution in [2.45, 2.75) is 12.5 Å². The molecule has 0 saturated carbocycles. The van der Waals surface area contributed by atoms with Gasteiger partial charge in [0.15, 0.2) is 0 Å². The molecule has 1 atom stereocenters. The van der Waals surface area contributed by atoms with E-state index in [1.165, 1.54) is 23.4 Å². The predicted molar refractivity (Wildman–Crippen MR) is 73.6 cm³/mol. The average Bonchev–Trinajstić information content (AvgIpc) is 2.47. The summed E-state index contributed by atoms with van der Waals surface area (Å²) in [6.45, 7) is 1.73. The van der Waals surface area contributed by atoms with Gasteiger partial charge in [0.2, 0.25) is 0 Å². The number of nitrogens with one attached hydrogen (secondary N) is 2. The van der Waals surface area contributed by atoms with E-state index in [0.717, 1.165) is 19.5 Å². The van der Waals surface area contributed by atoms with Gasteiger partial charge in [-0.05, 0) is 36.2 Å². The van der Waals surface area contributed by atoms with Gasteiger partial charge in [-0.25, -0.2) is 9.37 Å². The van der Waals surface area contributed by atoms with Crippen LogP contribution >= 0.6 is 0 Å². The lowest BCUT2D eigenvalue weighted by atomic mass is 9.94. The SMILES string of the molecule is Fc1ccc(NCC2NCCc3ccccc32)nc1. The summed E-state index contributed by atoms with van der Waals surface area (Å²) in [5.74, 6) is 0.387. The van der Waals surface area contributed by atoms with Crippen molar-refractivity contribution in [2.75, 3.05) is 18.4 Å². The third-order valence-electron chi connectivity index (χ3n) is 3.43. The highest BCUT2D eigenvalue weighted by Gasteiger charge is 2.18. The van der Waals surface area contributed by atoms with E-state index in [2.05, 4.69) is 39.9 Å². The molecule has 0 aliphatic carbocycles. The zero-order valence-electron chi connectivity index (χ0n) is 10.6. The minimum atomic E-state index is -0.313. The van der Waals surface area contributed by atoms with Crippen LogP contribution in [0.1, 0.15) is 17.2 Å². The summed E-state index contributed by atoms with van der Waals surface area (Å²) in [6, 6.07) is 11.8. The summed E-state index contributed by atoms with van der Waals surface area (Å²) in [5, 5.41) is 6.73. The number of fused-ring (bicyclic) bond motifs is 1. The van der Waals surface area contributed by atoms with Crippen molar-refractivity contribution in [3.63, 3.8) is 0 Å². The molecule has 2 aromatic rings. The van der Waals surface area contributed by atoms with E-state index in [-0.39, 0.29) is 11.9 Å². The maximum absolute atomic E-state index is 12.8. The summed E-state index contributed by atoms with van der Waals surface area (Å²) in [4.78, 5) is 4.00. The average molecular weight is 257 g/mol. The molecule has 1 aliphatic heterocycles. The van der Waals surface area contributed by atoms with Gasteiger partial charge in [0.1, 0.15) is 11.6 Å². The Bertz CT molecular complexity index is 554. The Hall–Kier alpha value is -1.94. The minimum Gasteiger partial charge on any atom is -0.368 e. The first-order valence-corrected chi connectivity index (χ1v) is 6.49. The van der Waals surface area contributed by atoms with Gasteiger partial charge in [-0.2, -0.15) is 0 Å². The van der Waals surface area contributed by atoms with Crippen molar-refractivity contribution in [2.24, 2.45) is 0 Å². The van der Waals surface area contributed by atoms with Crippen LogP contribution in [-0.2, 0) is 6.42 Å². The maximum Gasteiger partial charge on any atom is 0.141 e. The highest BCUT2D eigenvalue weighted by Crippen LogP contribution is 2.22. The van der Waals surface area contributed by atoms with E-state index < -0.39 is 0 Å². The molecule has 2 N–H and O–H groups in total. The number of anilines is 1. The van der Waals surface area contributed by atoms with Crippen molar-refractivity contribution in [3.05, 3.63) is 59.5 Å². The first-order chi connectivity index (χ1) is 9.33. The van der Waals surface area contributed by atoms with E-state index in [0.29, 0.717) is 5.82 Å². The van der Waals surface area contributed by atoms with Gasteiger partial charge < -0.3 is 10.6 Å². The molecule has 3 nitrogen and oxygen atoms in total. The second kappa shape index (κ2) is 5.36. The molecule has 0 amide bonds. The quantitative estimate of drug-likeness (QED) is 0.887. The van der Waals surface area contributed by atoms with Gasteiger partial charge in [0.25, 0.3) is 0 Å². The number of hydrogen-bond donors (Lipinski definition) is 2. The lowest BCUT2D eigenvalue weighted by Crippen LogP contribution is -2.34. The number of rotatable bonds is 3. The van der Waals surface area contributed by atoms with Crippen LogP contribution in [0.3, 0.4) is 0 Å². The smallest absolute Gasteiger partial charge is 0.141 e. The van der Waals surface area contributed by atoms with E-state index in [4.69, 9.17) is 0 Å². The second-order valence-corrected chi connectivity index (χ2v) is 4.70. The molecule has 3 rings (SSSR count). The normalized spacial score (nSPS) is 17.8. The summed E-state index contributed by atoms with van der Waals surface area (Å²) < 4.78 is 12.8. The van der Waals surface area contributed by atoms with Crippen LogP contribution < -0.4 is 10.6 Å². The summed E-state index contributed by atoms with van der Waals surface area (Å²) in [5.41, 5.74) is 2.74. The molecule has 1 aromatic carbocycles. The Labute approximate surface area is 111 Å². The number of aromatic nitrogens is 1. The number of hydrogen-bond acceptors (Lipinski definition) is 3. The fraction of sp³-hybridized carbons (Fsp3) is 0.267. The highest BCUT2D eigenvalue weighted by atomic mass is 19.1. The van der Waals surface area contributed by atoms with Crippen molar-refractivity contribution in [1.82, 2.24) is 10.3 Å². The molecular weight excluding hydrogens is 241 g/mol. The third-order valence-corrected chi connectivity index (χ3v) is 3.43. The number of halogens is 1. The first-order valence-electron chi connectivity index (χ1n) is 6.49. The van der Waals surface area contributed by atoms with E-state index >= 15 is 0 Å². The summed E-state index contributed by atoms with van der Waals surface area (Å²) >= 11 is 0. The summed E-state index contributed by atoms with van der Waals surface area (Å²) in [6.07, 6.45) is 2.30. The first kappa shape index (κ1) is 12.1. The number of nitrogens with zero attached hydrogens (tertiary/aromatic N) is 1. The Morgan fingerprint density at radius 3 is 3.00 bits per heavy atom. The van der Waals surface area contributed by atoms with E-state index in [1.807, 2.05) is 0 Å². The molecule has 0 fully saturated rings. The maximum atomic E-state index is 12.8. The zero-order valence-corrected chi connectivity index (χ0v) is 10.6. The fourth-order valence-corrected chi connectivity index (χ4v) is 2.46. The molecule has 4 heteroatoms. The Kier molecular flexibility index (Phi) is 3.42. The van der Waals surface area contributed by atoms with Crippen LogP contribution in [0.4, 0.5) is 10.2 Å². The van der Waals surface area contributed by atoms with Crippen LogP contribution in [0.15, 0.2) is 42.6 Å². The van der Waals surface area contributed by atoms with Gasteiger partial charge in [-0.3, -0.25) is 0 Å². The molecule has 98 valence electrons. The minimum absolute atomic E-state index is 0.275. The topological polar surface area (TPSA) is 37.0 Å². The molecule has 0 bridgehead atoms. The predicted octanol–water partition coefficient (Wildman–Crippen LogP) is 2.52. The lowest BCUT2D eigenvalue weighted by molar-refractivity contribution is 0.523. The standard InChI is InChI=1S/C15H16FN3/c16-12-5-6-15(18-9-12)19-10-14-13-4-2-1-3-11(13)7-8-17-14/h1-6,9,14,17H,7-8,10H2,(H,18,19). The second-order valence-electron chi connectivity index (χ2n) is 4.70. The highest BCUT2D eigenvalue weighted by molar-refractivity contribution is 5.37. The Morgan fingerprint density at radius 1 is 1.26 bits per heavy atom. The van der Waals surface area contributed by atoms with Gasteiger partial charge >= 0.3 is 0 Å². The number of pyridine rings is 1. The van der Waals surface area contributed by atoms with Crippen molar-refractivity contribution < 1.29 is 4.39 Å².